The zero-order valence-corrected chi connectivity index (χ0v) is 13.2. The molecule has 0 aliphatic carbocycles. The van der Waals surface area contributed by atoms with E-state index in [4.69, 9.17) is 9.47 Å². The number of benzene rings is 1. The van der Waals surface area contributed by atoms with E-state index in [1.54, 1.807) is 32.1 Å². The summed E-state index contributed by atoms with van der Waals surface area (Å²) in [7, 11) is 0. The predicted octanol–water partition coefficient (Wildman–Crippen LogP) is 0.598. The summed E-state index contributed by atoms with van der Waals surface area (Å²) in [6, 6.07) is 4.50. The Labute approximate surface area is 134 Å². The van der Waals surface area contributed by atoms with Crippen LogP contribution in [0.4, 0.5) is 5.69 Å². The van der Waals surface area contributed by atoms with Crippen molar-refractivity contribution < 1.29 is 24.4 Å². The number of non-ortho nitro benzene ring substituents is 1. The molecule has 0 saturated carbocycles. The maximum atomic E-state index is 11.1. The molecule has 0 bridgehead atoms. The average Bonchev–Trinajstić information content (AvgIpc) is 2.82. The van der Waals surface area contributed by atoms with E-state index in [0.717, 1.165) is 18.7 Å². The van der Waals surface area contributed by atoms with Gasteiger partial charge in [-0.2, -0.15) is 0 Å². The fourth-order valence-electron chi connectivity index (χ4n) is 3.11. The molecule has 124 valence electrons. The van der Waals surface area contributed by atoms with E-state index >= 15 is 0 Å². The molecule has 0 radical (unpaired) electrons. The maximum Gasteiger partial charge on any atom is 0.270 e. The van der Waals surface area contributed by atoms with Crippen LogP contribution in [0.1, 0.15) is 25.5 Å². The molecule has 1 atom stereocenters. The number of nitro groups is 1. The molecule has 0 unspecified atom stereocenters. The number of nitrogens with one attached hydrogen (secondary N) is 1. The summed E-state index contributed by atoms with van der Waals surface area (Å²) in [4.78, 5) is 11.9. The highest BCUT2D eigenvalue weighted by Crippen LogP contribution is 2.40. The van der Waals surface area contributed by atoms with Crippen LogP contribution in [0, 0.1) is 10.1 Å². The molecule has 1 saturated heterocycles. The molecule has 0 spiro atoms. The fraction of sp³-hybridized carbons (Fsp3) is 0.500. The molecule has 1 aromatic rings. The first kappa shape index (κ1) is 15.9. The lowest BCUT2D eigenvalue weighted by molar-refractivity contribution is -0.933. The Kier molecular flexibility index (Phi) is 4.09. The van der Waals surface area contributed by atoms with Gasteiger partial charge in [-0.15, -0.1) is 0 Å². The monoisotopic (exact) mass is 321 g/mol. The second-order valence-electron chi connectivity index (χ2n) is 6.49. The first-order valence-corrected chi connectivity index (χ1v) is 7.69. The van der Waals surface area contributed by atoms with E-state index in [1.807, 2.05) is 0 Å². The van der Waals surface area contributed by atoms with Gasteiger partial charge in [0, 0.05) is 12.1 Å². The number of hydrogen-bond acceptors (Lipinski definition) is 5. The zero-order chi connectivity index (χ0) is 16.6. The molecule has 2 N–H and O–H groups in total. The molecule has 1 fully saturated rings. The van der Waals surface area contributed by atoms with Crippen molar-refractivity contribution in [1.29, 1.82) is 0 Å². The summed E-state index contributed by atoms with van der Waals surface area (Å²) >= 11 is 0. The summed E-state index contributed by atoms with van der Waals surface area (Å²) < 4.78 is 11.3. The SMILES string of the molecule is CC(C)(O)/C=C1\Oc2ccc([N+](=O)[O-])cc2[C@H]1[NH+]1CCOCC1. The molecular weight excluding hydrogens is 300 g/mol. The van der Waals surface area contributed by atoms with E-state index in [0.29, 0.717) is 24.7 Å². The minimum absolute atomic E-state index is 0.0505. The lowest BCUT2D eigenvalue weighted by Crippen LogP contribution is -3.14. The molecule has 7 nitrogen and oxygen atoms in total. The Bertz CT molecular complexity index is 644. The molecule has 3 rings (SSSR count). The summed E-state index contributed by atoms with van der Waals surface area (Å²) in [6.07, 6.45) is 1.69. The van der Waals surface area contributed by atoms with Crippen molar-refractivity contribution in [2.24, 2.45) is 0 Å². The van der Waals surface area contributed by atoms with E-state index in [-0.39, 0.29) is 11.7 Å². The summed E-state index contributed by atoms with van der Waals surface area (Å²) in [5.41, 5.74) is -0.172. The number of hydrogen-bond donors (Lipinski definition) is 2. The molecule has 23 heavy (non-hydrogen) atoms. The molecule has 2 aliphatic heterocycles. The highest BCUT2D eigenvalue weighted by atomic mass is 16.6. The summed E-state index contributed by atoms with van der Waals surface area (Å²) in [5.74, 6) is 1.26. The van der Waals surface area contributed by atoms with Gasteiger partial charge in [-0.05, 0) is 26.0 Å². The standard InChI is InChI=1S/C16H20N2O5/c1-16(2,19)10-14-15(17-5-7-22-8-6-17)12-9-11(18(20)21)3-4-13(12)23-14/h3-4,9-10,15,19H,5-8H2,1-2H3/p+1/b14-10-/t15-/m1/s1. The fourth-order valence-corrected chi connectivity index (χ4v) is 3.11. The van der Waals surface area contributed by atoms with Crippen LogP contribution in [0.3, 0.4) is 0 Å². The van der Waals surface area contributed by atoms with Gasteiger partial charge in [0.1, 0.15) is 18.8 Å². The van der Waals surface area contributed by atoms with Gasteiger partial charge in [0.05, 0.1) is 29.3 Å². The van der Waals surface area contributed by atoms with Crippen molar-refractivity contribution >= 4 is 5.69 Å². The molecule has 7 heteroatoms. The molecular formula is C16H21N2O5+. The first-order valence-electron chi connectivity index (χ1n) is 7.69. The average molecular weight is 321 g/mol. The van der Waals surface area contributed by atoms with Crippen molar-refractivity contribution in [1.82, 2.24) is 0 Å². The van der Waals surface area contributed by atoms with Gasteiger partial charge in [-0.3, -0.25) is 10.1 Å². The van der Waals surface area contributed by atoms with E-state index < -0.39 is 10.5 Å². The third-order valence-corrected chi connectivity index (χ3v) is 4.07. The largest absolute Gasteiger partial charge is 0.455 e. The molecule has 1 aromatic carbocycles. The Morgan fingerprint density at radius 2 is 2.09 bits per heavy atom. The van der Waals surface area contributed by atoms with Crippen LogP contribution in [-0.4, -0.2) is 41.9 Å². The van der Waals surface area contributed by atoms with Crippen LogP contribution >= 0.6 is 0 Å². The Hall–Kier alpha value is -1.96. The van der Waals surface area contributed by atoms with Crippen LogP contribution in [0.2, 0.25) is 0 Å². The highest BCUT2D eigenvalue weighted by molar-refractivity contribution is 5.51. The van der Waals surface area contributed by atoms with Crippen LogP contribution in [0.15, 0.2) is 30.0 Å². The van der Waals surface area contributed by atoms with Gasteiger partial charge >= 0.3 is 0 Å². The third kappa shape index (κ3) is 3.36. The number of rotatable bonds is 3. The van der Waals surface area contributed by atoms with Gasteiger partial charge in [0.2, 0.25) is 0 Å². The summed E-state index contributed by atoms with van der Waals surface area (Å²) in [6.45, 7) is 6.23. The second-order valence-corrected chi connectivity index (χ2v) is 6.49. The van der Waals surface area contributed by atoms with Gasteiger partial charge in [0.15, 0.2) is 11.8 Å². The van der Waals surface area contributed by atoms with Crippen LogP contribution in [-0.2, 0) is 4.74 Å². The molecule has 0 amide bonds. The smallest absolute Gasteiger partial charge is 0.270 e. The van der Waals surface area contributed by atoms with Gasteiger partial charge in [0.25, 0.3) is 5.69 Å². The highest BCUT2D eigenvalue weighted by Gasteiger charge is 2.40. The van der Waals surface area contributed by atoms with E-state index in [9.17, 15) is 15.2 Å². The number of nitrogens with zero attached hydrogens (tertiary/aromatic N) is 1. The van der Waals surface area contributed by atoms with Crippen LogP contribution in [0.25, 0.3) is 0 Å². The van der Waals surface area contributed by atoms with Crippen molar-refractivity contribution in [2.75, 3.05) is 26.3 Å². The Balaban J connectivity index is 2.04. The normalized spacial score (nSPS) is 23.6. The zero-order valence-electron chi connectivity index (χ0n) is 13.2. The predicted molar refractivity (Wildman–Crippen MR) is 82.4 cm³/mol. The molecule has 2 aliphatic rings. The van der Waals surface area contributed by atoms with Crippen LogP contribution < -0.4 is 9.64 Å². The third-order valence-electron chi connectivity index (χ3n) is 4.07. The lowest BCUT2D eigenvalue weighted by Gasteiger charge is -2.29. The maximum absolute atomic E-state index is 11.1. The van der Waals surface area contributed by atoms with Gasteiger partial charge in [-0.25, -0.2) is 0 Å². The Morgan fingerprint density at radius 3 is 2.70 bits per heavy atom. The van der Waals surface area contributed by atoms with Crippen molar-refractivity contribution in [3.05, 3.63) is 45.7 Å². The van der Waals surface area contributed by atoms with E-state index in [2.05, 4.69) is 0 Å². The number of fused-ring (bicyclic) bond motifs is 1. The number of ether oxygens (including phenoxy) is 2. The number of nitro benzene ring substituents is 1. The second kappa shape index (κ2) is 5.92. The van der Waals surface area contributed by atoms with Crippen molar-refractivity contribution in [2.45, 2.75) is 25.5 Å². The number of quaternary nitrogens is 1. The number of morpholine rings is 1. The minimum atomic E-state index is -1.02. The van der Waals surface area contributed by atoms with Crippen LogP contribution in [0.5, 0.6) is 5.75 Å². The first-order chi connectivity index (χ1) is 10.8. The topological polar surface area (TPSA) is 86.3 Å². The van der Waals surface area contributed by atoms with Crippen molar-refractivity contribution in [3.8, 4) is 5.75 Å². The number of aliphatic hydroxyl groups is 1. The minimum Gasteiger partial charge on any atom is -0.455 e. The Morgan fingerprint density at radius 1 is 1.39 bits per heavy atom. The summed E-state index contributed by atoms with van der Waals surface area (Å²) in [5, 5.41) is 21.2. The molecule has 0 aromatic heterocycles. The van der Waals surface area contributed by atoms with E-state index in [1.165, 1.54) is 11.0 Å². The van der Waals surface area contributed by atoms with Crippen molar-refractivity contribution in [3.63, 3.8) is 0 Å². The van der Waals surface area contributed by atoms with Gasteiger partial charge in [-0.1, -0.05) is 0 Å². The lowest BCUT2D eigenvalue weighted by atomic mass is 10.0. The van der Waals surface area contributed by atoms with Gasteiger partial charge < -0.3 is 19.5 Å². The molecule has 2 heterocycles. The quantitative estimate of drug-likeness (QED) is 0.629.